The number of fused-ring (bicyclic) bond motifs is 1. The van der Waals surface area contributed by atoms with Crippen molar-refractivity contribution in [2.45, 2.75) is 13.0 Å². The predicted octanol–water partition coefficient (Wildman–Crippen LogP) is 6.27. The van der Waals surface area contributed by atoms with Crippen LogP contribution < -0.4 is 10.2 Å². The van der Waals surface area contributed by atoms with Gasteiger partial charge in [0.05, 0.1) is 10.7 Å². The number of halogens is 1. The van der Waals surface area contributed by atoms with Crippen molar-refractivity contribution in [2.75, 3.05) is 0 Å². The standard InChI is InChI=1S/C26H21BrN2O3/c1-2-8-21-13-19(14-22(27)25(21)31-17-18-9-4-3-5-10-18)16-28-29-26(30)24-15-20-11-6-7-12-23(20)32-24/h2-7,9-16H,1,8,17H2,(H,29,30)/b28-16+. The zero-order chi connectivity index (χ0) is 22.3. The summed E-state index contributed by atoms with van der Waals surface area (Å²) in [5.74, 6) is 0.560. The van der Waals surface area contributed by atoms with Gasteiger partial charge in [-0.3, -0.25) is 4.79 Å². The molecule has 32 heavy (non-hydrogen) atoms. The third-order valence-electron chi connectivity index (χ3n) is 4.76. The second-order valence-corrected chi connectivity index (χ2v) is 7.96. The molecule has 3 aromatic carbocycles. The maximum absolute atomic E-state index is 12.4. The number of furan rings is 1. The van der Waals surface area contributed by atoms with Crippen molar-refractivity contribution in [2.24, 2.45) is 5.10 Å². The minimum Gasteiger partial charge on any atom is -0.487 e. The Morgan fingerprint density at radius 2 is 1.88 bits per heavy atom. The van der Waals surface area contributed by atoms with E-state index in [1.807, 2.05) is 72.8 Å². The molecular weight excluding hydrogens is 468 g/mol. The zero-order valence-electron chi connectivity index (χ0n) is 17.3. The molecule has 1 amide bonds. The average Bonchev–Trinajstić information content (AvgIpc) is 3.24. The smallest absolute Gasteiger partial charge is 0.307 e. The number of amides is 1. The molecule has 4 aromatic rings. The van der Waals surface area contributed by atoms with E-state index in [0.717, 1.165) is 32.3 Å². The molecule has 0 atom stereocenters. The van der Waals surface area contributed by atoms with E-state index in [1.165, 1.54) is 0 Å². The van der Waals surface area contributed by atoms with Gasteiger partial charge in [-0.25, -0.2) is 5.43 Å². The van der Waals surface area contributed by atoms with Crippen LogP contribution in [0.3, 0.4) is 0 Å². The zero-order valence-corrected chi connectivity index (χ0v) is 18.8. The van der Waals surface area contributed by atoms with Gasteiger partial charge in [0, 0.05) is 5.39 Å². The van der Waals surface area contributed by atoms with Gasteiger partial charge < -0.3 is 9.15 Å². The highest BCUT2D eigenvalue weighted by Crippen LogP contribution is 2.32. The van der Waals surface area contributed by atoms with Crippen molar-refractivity contribution in [3.63, 3.8) is 0 Å². The average molecular weight is 489 g/mol. The summed E-state index contributed by atoms with van der Waals surface area (Å²) in [6.45, 7) is 4.30. The normalized spacial score (nSPS) is 11.0. The summed E-state index contributed by atoms with van der Waals surface area (Å²) in [7, 11) is 0. The fourth-order valence-electron chi connectivity index (χ4n) is 3.26. The second-order valence-electron chi connectivity index (χ2n) is 7.11. The fraction of sp³-hybridized carbons (Fsp3) is 0.0769. The third kappa shape index (κ3) is 5.15. The lowest BCUT2D eigenvalue weighted by molar-refractivity contribution is 0.0929. The number of rotatable bonds is 8. The van der Waals surface area contributed by atoms with Gasteiger partial charge in [0.25, 0.3) is 0 Å². The summed E-state index contributed by atoms with van der Waals surface area (Å²) in [5, 5.41) is 4.95. The number of allylic oxidation sites excluding steroid dienone is 1. The molecule has 160 valence electrons. The summed E-state index contributed by atoms with van der Waals surface area (Å²) < 4.78 is 12.4. The summed E-state index contributed by atoms with van der Waals surface area (Å²) in [4.78, 5) is 12.4. The minimum absolute atomic E-state index is 0.210. The summed E-state index contributed by atoms with van der Waals surface area (Å²) in [5.41, 5.74) is 6.03. The number of ether oxygens (including phenoxy) is 1. The number of hydrazone groups is 1. The van der Waals surface area contributed by atoms with Gasteiger partial charge in [-0.05, 0) is 63.3 Å². The summed E-state index contributed by atoms with van der Waals surface area (Å²) >= 11 is 3.60. The van der Waals surface area contributed by atoms with E-state index in [4.69, 9.17) is 9.15 Å². The predicted molar refractivity (Wildman–Crippen MR) is 130 cm³/mol. The van der Waals surface area contributed by atoms with Crippen LogP contribution in [0.2, 0.25) is 0 Å². The number of para-hydroxylation sites is 1. The molecule has 1 heterocycles. The lowest BCUT2D eigenvalue weighted by Crippen LogP contribution is -2.16. The molecule has 6 heteroatoms. The highest BCUT2D eigenvalue weighted by Gasteiger charge is 2.12. The topological polar surface area (TPSA) is 63.8 Å². The molecule has 0 radical (unpaired) electrons. The number of hydrogen-bond acceptors (Lipinski definition) is 4. The molecule has 0 bridgehead atoms. The lowest BCUT2D eigenvalue weighted by atomic mass is 10.1. The van der Waals surface area contributed by atoms with Gasteiger partial charge in [-0.15, -0.1) is 6.58 Å². The molecular formula is C26H21BrN2O3. The Morgan fingerprint density at radius 1 is 1.09 bits per heavy atom. The van der Waals surface area contributed by atoms with Crippen LogP contribution in [0.4, 0.5) is 0 Å². The molecule has 0 aliphatic carbocycles. The van der Waals surface area contributed by atoms with E-state index < -0.39 is 5.91 Å². The summed E-state index contributed by atoms with van der Waals surface area (Å²) in [6.07, 6.45) is 4.04. The quantitative estimate of drug-likeness (QED) is 0.180. The number of hydrogen-bond donors (Lipinski definition) is 1. The highest BCUT2D eigenvalue weighted by molar-refractivity contribution is 9.10. The first-order valence-corrected chi connectivity index (χ1v) is 10.9. The molecule has 0 saturated heterocycles. The van der Waals surface area contributed by atoms with Crippen LogP contribution >= 0.6 is 15.9 Å². The first-order valence-electron chi connectivity index (χ1n) is 10.1. The highest BCUT2D eigenvalue weighted by atomic mass is 79.9. The fourth-order valence-corrected chi connectivity index (χ4v) is 3.89. The van der Waals surface area contributed by atoms with Gasteiger partial charge >= 0.3 is 5.91 Å². The molecule has 0 saturated carbocycles. The molecule has 0 spiro atoms. The molecule has 0 aliphatic rings. The SMILES string of the molecule is C=CCc1cc(/C=N/NC(=O)c2cc3ccccc3o2)cc(Br)c1OCc1ccccc1. The van der Waals surface area contributed by atoms with Crippen molar-refractivity contribution in [1.29, 1.82) is 0 Å². The lowest BCUT2D eigenvalue weighted by Gasteiger charge is -2.14. The Balaban J connectivity index is 1.47. The molecule has 1 aromatic heterocycles. The number of nitrogens with zero attached hydrogens (tertiary/aromatic N) is 1. The largest absolute Gasteiger partial charge is 0.487 e. The van der Waals surface area contributed by atoms with E-state index >= 15 is 0 Å². The van der Waals surface area contributed by atoms with Gasteiger partial charge in [-0.2, -0.15) is 5.10 Å². The van der Waals surface area contributed by atoms with E-state index in [0.29, 0.717) is 18.6 Å². The summed E-state index contributed by atoms with van der Waals surface area (Å²) in [6, 6.07) is 23.0. The monoisotopic (exact) mass is 488 g/mol. The molecule has 1 N–H and O–H groups in total. The van der Waals surface area contributed by atoms with Crippen molar-refractivity contribution < 1.29 is 13.9 Å². The van der Waals surface area contributed by atoms with Crippen molar-refractivity contribution >= 4 is 39.0 Å². The van der Waals surface area contributed by atoms with Crippen LogP contribution in [0.1, 0.15) is 27.2 Å². The number of nitrogens with one attached hydrogen (secondary N) is 1. The molecule has 5 nitrogen and oxygen atoms in total. The maximum atomic E-state index is 12.4. The first-order chi connectivity index (χ1) is 15.6. The molecule has 0 fully saturated rings. The number of benzene rings is 3. The van der Waals surface area contributed by atoms with Crippen molar-refractivity contribution in [3.8, 4) is 5.75 Å². The van der Waals surface area contributed by atoms with Gasteiger partial charge in [0.1, 0.15) is 17.9 Å². The van der Waals surface area contributed by atoms with E-state index in [-0.39, 0.29) is 5.76 Å². The van der Waals surface area contributed by atoms with E-state index in [9.17, 15) is 4.79 Å². The Kier molecular flexibility index (Phi) is 6.82. The van der Waals surface area contributed by atoms with Crippen LogP contribution in [-0.4, -0.2) is 12.1 Å². The first kappa shape index (κ1) is 21.6. The van der Waals surface area contributed by atoms with Crippen LogP contribution in [0, 0.1) is 0 Å². The van der Waals surface area contributed by atoms with E-state index in [1.54, 1.807) is 12.3 Å². The Labute approximate surface area is 194 Å². The van der Waals surface area contributed by atoms with E-state index in [2.05, 4.69) is 33.0 Å². The van der Waals surface area contributed by atoms with Crippen LogP contribution in [0.25, 0.3) is 11.0 Å². The van der Waals surface area contributed by atoms with Gasteiger partial charge in [-0.1, -0.05) is 54.6 Å². The number of carbonyl (C=O) groups is 1. The van der Waals surface area contributed by atoms with Crippen molar-refractivity contribution in [1.82, 2.24) is 5.43 Å². The Bertz CT molecular complexity index is 1250. The van der Waals surface area contributed by atoms with Crippen LogP contribution in [0.15, 0.2) is 99.4 Å². The Hall–Kier alpha value is -3.64. The van der Waals surface area contributed by atoms with Crippen molar-refractivity contribution in [3.05, 3.63) is 112 Å². The van der Waals surface area contributed by atoms with Gasteiger partial charge in [0.2, 0.25) is 0 Å². The molecule has 0 aliphatic heterocycles. The third-order valence-corrected chi connectivity index (χ3v) is 5.35. The Morgan fingerprint density at radius 3 is 2.66 bits per heavy atom. The molecule has 0 unspecified atom stereocenters. The molecule has 4 rings (SSSR count). The second kappa shape index (κ2) is 10.1. The minimum atomic E-state index is -0.411. The maximum Gasteiger partial charge on any atom is 0.307 e. The number of carbonyl (C=O) groups excluding carboxylic acids is 1. The van der Waals surface area contributed by atoms with Crippen LogP contribution in [0.5, 0.6) is 5.75 Å². The van der Waals surface area contributed by atoms with Crippen LogP contribution in [-0.2, 0) is 13.0 Å². The van der Waals surface area contributed by atoms with Gasteiger partial charge in [0.15, 0.2) is 5.76 Å².